The van der Waals surface area contributed by atoms with Crippen molar-refractivity contribution in [2.24, 2.45) is 0 Å². The Morgan fingerprint density at radius 2 is 1.60 bits per heavy atom. The van der Waals surface area contributed by atoms with Crippen molar-refractivity contribution >= 4 is 18.0 Å². The van der Waals surface area contributed by atoms with Crippen LogP contribution in [0.25, 0.3) is 11.1 Å². The van der Waals surface area contributed by atoms with Crippen molar-refractivity contribution in [3.05, 3.63) is 59.7 Å². The SMILES string of the molecule is O=C(NC(C(=O)N1CCCCCC1C(=O)O)C(F)(F)F)OCC1c2ccccc2-c2ccccc21. The molecule has 0 saturated carbocycles. The van der Waals surface area contributed by atoms with Gasteiger partial charge >= 0.3 is 18.2 Å². The fraction of sp³-hybridized carbons (Fsp3) is 0.400. The summed E-state index contributed by atoms with van der Waals surface area (Å²) in [6.45, 7) is -0.352. The predicted molar refractivity (Wildman–Crippen MR) is 120 cm³/mol. The van der Waals surface area contributed by atoms with Crippen molar-refractivity contribution in [2.45, 2.75) is 49.9 Å². The van der Waals surface area contributed by atoms with Crippen LogP contribution in [-0.4, -0.2) is 59.4 Å². The number of aliphatic carboxylic acids is 1. The first-order valence-electron chi connectivity index (χ1n) is 11.4. The number of halogens is 3. The van der Waals surface area contributed by atoms with Crippen molar-refractivity contribution < 1.29 is 37.4 Å². The number of benzene rings is 2. The summed E-state index contributed by atoms with van der Waals surface area (Å²) in [6, 6.07) is 10.7. The molecule has 2 N–H and O–H groups in total. The number of hydrogen-bond acceptors (Lipinski definition) is 4. The zero-order valence-corrected chi connectivity index (χ0v) is 18.8. The van der Waals surface area contributed by atoms with Gasteiger partial charge in [0.15, 0.2) is 0 Å². The van der Waals surface area contributed by atoms with Crippen LogP contribution in [0.3, 0.4) is 0 Å². The van der Waals surface area contributed by atoms with Crippen molar-refractivity contribution in [3.8, 4) is 11.1 Å². The van der Waals surface area contributed by atoms with Crippen LogP contribution in [0, 0.1) is 0 Å². The van der Waals surface area contributed by atoms with Crippen LogP contribution in [0.15, 0.2) is 48.5 Å². The Morgan fingerprint density at radius 3 is 2.17 bits per heavy atom. The van der Waals surface area contributed by atoms with E-state index in [1.54, 1.807) is 5.32 Å². The number of amides is 2. The van der Waals surface area contributed by atoms with Gasteiger partial charge in [-0.2, -0.15) is 13.2 Å². The molecule has 1 aliphatic carbocycles. The van der Waals surface area contributed by atoms with Gasteiger partial charge in [-0.3, -0.25) is 4.79 Å². The summed E-state index contributed by atoms with van der Waals surface area (Å²) in [5, 5.41) is 11.1. The molecule has 1 fully saturated rings. The molecule has 1 saturated heterocycles. The average Bonchev–Trinajstić information content (AvgIpc) is 2.95. The van der Waals surface area contributed by atoms with E-state index in [4.69, 9.17) is 4.74 Å². The number of alkyl halides is 3. The Bertz CT molecular complexity index is 1070. The van der Waals surface area contributed by atoms with Crippen molar-refractivity contribution in [2.75, 3.05) is 13.2 Å². The summed E-state index contributed by atoms with van der Waals surface area (Å²) in [7, 11) is 0. The first-order chi connectivity index (χ1) is 16.7. The Hall–Kier alpha value is -3.56. The van der Waals surface area contributed by atoms with Crippen LogP contribution >= 0.6 is 0 Å². The zero-order chi connectivity index (χ0) is 25.2. The van der Waals surface area contributed by atoms with E-state index in [9.17, 15) is 32.7 Å². The summed E-state index contributed by atoms with van der Waals surface area (Å²) in [5.41, 5.74) is 3.69. The van der Waals surface area contributed by atoms with Gasteiger partial charge in [-0.1, -0.05) is 61.4 Å². The van der Waals surface area contributed by atoms with E-state index in [0.717, 1.165) is 22.3 Å². The number of alkyl carbamates (subject to hydrolysis) is 1. The molecular weight excluding hydrogens is 465 g/mol. The highest BCUT2D eigenvalue weighted by atomic mass is 19.4. The lowest BCUT2D eigenvalue weighted by Gasteiger charge is -2.31. The molecule has 10 heteroatoms. The Morgan fingerprint density at radius 1 is 1.00 bits per heavy atom. The average molecular weight is 490 g/mol. The number of carbonyl (C=O) groups excluding carboxylic acids is 2. The fourth-order valence-corrected chi connectivity index (χ4v) is 4.84. The van der Waals surface area contributed by atoms with Crippen LogP contribution in [0.2, 0.25) is 0 Å². The fourth-order valence-electron chi connectivity index (χ4n) is 4.84. The molecule has 2 aliphatic rings. The van der Waals surface area contributed by atoms with Crippen LogP contribution in [0.4, 0.5) is 18.0 Å². The number of carbonyl (C=O) groups is 3. The lowest BCUT2D eigenvalue weighted by Crippen LogP contribution is -2.59. The first-order valence-corrected chi connectivity index (χ1v) is 11.4. The van der Waals surface area contributed by atoms with E-state index >= 15 is 0 Å². The molecule has 1 heterocycles. The minimum absolute atomic E-state index is 0.0522. The maximum absolute atomic E-state index is 13.8. The first kappa shape index (κ1) is 24.6. The molecule has 0 bridgehead atoms. The van der Waals surface area contributed by atoms with E-state index in [2.05, 4.69) is 0 Å². The van der Waals surface area contributed by atoms with E-state index in [1.807, 2.05) is 48.5 Å². The molecule has 2 aromatic carbocycles. The highest BCUT2D eigenvalue weighted by Gasteiger charge is 2.50. The number of likely N-dealkylation sites (tertiary alicyclic amines) is 1. The standard InChI is InChI=1S/C25H25F3N2O5/c26-25(27,28)21(22(31)30-13-7-1-2-12-20(30)23(32)33)29-24(34)35-14-19-17-10-5-3-8-15(17)16-9-4-6-11-18(16)19/h3-6,8-11,19-21H,1-2,7,12-14H2,(H,29,34)(H,32,33). The van der Waals surface area contributed by atoms with Gasteiger partial charge < -0.3 is 20.1 Å². The second-order valence-electron chi connectivity index (χ2n) is 8.68. The summed E-state index contributed by atoms with van der Waals surface area (Å²) >= 11 is 0. The molecule has 4 rings (SSSR count). The highest BCUT2D eigenvalue weighted by Crippen LogP contribution is 2.44. The monoisotopic (exact) mass is 490 g/mol. The maximum atomic E-state index is 13.8. The third-order valence-electron chi connectivity index (χ3n) is 6.50. The second-order valence-corrected chi connectivity index (χ2v) is 8.68. The number of ether oxygens (including phenoxy) is 1. The summed E-state index contributed by atoms with van der Waals surface area (Å²) < 4.78 is 46.5. The number of rotatable bonds is 5. The smallest absolute Gasteiger partial charge is 0.417 e. The van der Waals surface area contributed by atoms with Crippen molar-refractivity contribution in [3.63, 3.8) is 0 Å². The summed E-state index contributed by atoms with van der Waals surface area (Å²) in [5.74, 6) is -3.24. The molecule has 2 unspecified atom stereocenters. The number of fused-ring (bicyclic) bond motifs is 3. The van der Waals surface area contributed by atoms with Gasteiger partial charge in [0.2, 0.25) is 6.04 Å². The van der Waals surface area contributed by atoms with E-state index in [-0.39, 0.29) is 25.5 Å². The number of nitrogens with one attached hydrogen (secondary N) is 1. The van der Waals surface area contributed by atoms with Gasteiger partial charge in [-0.15, -0.1) is 0 Å². The molecule has 0 spiro atoms. The van der Waals surface area contributed by atoms with Crippen LogP contribution in [0.1, 0.15) is 42.7 Å². The Labute approximate surface area is 199 Å². The molecule has 0 aromatic heterocycles. The van der Waals surface area contributed by atoms with Crippen LogP contribution in [0.5, 0.6) is 0 Å². The van der Waals surface area contributed by atoms with Gasteiger partial charge in [0.25, 0.3) is 5.91 Å². The lowest BCUT2D eigenvalue weighted by molar-refractivity contribution is -0.178. The molecule has 2 aromatic rings. The van der Waals surface area contributed by atoms with Crippen LogP contribution < -0.4 is 5.32 Å². The maximum Gasteiger partial charge on any atom is 0.417 e. The topological polar surface area (TPSA) is 95.9 Å². The van der Waals surface area contributed by atoms with Crippen molar-refractivity contribution in [1.29, 1.82) is 0 Å². The minimum atomic E-state index is -5.13. The molecule has 2 atom stereocenters. The minimum Gasteiger partial charge on any atom is -0.480 e. The van der Waals surface area contributed by atoms with Crippen molar-refractivity contribution in [1.82, 2.24) is 10.2 Å². The Kier molecular flexibility index (Phi) is 7.00. The second kappa shape index (κ2) is 9.97. The molecule has 1 aliphatic heterocycles. The predicted octanol–water partition coefficient (Wildman–Crippen LogP) is 4.31. The molecule has 2 amide bonds. The van der Waals surface area contributed by atoms with E-state index in [1.165, 1.54) is 0 Å². The number of carboxylic acid groups (broad SMARTS) is 1. The van der Waals surface area contributed by atoms with Gasteiger partial charge in [-0.25, -0.2) is 9.59 Å². The van der Waals surface area contributed by atoms with E-state index in [0.29, 0.717) is 24.2 Å². The number of carboxylic acids is 1. The number of nitrogens with zero attached hydrogens (tertiary/aromatic N) is 1. The van der Waals surface area contributed by atoms with Gasteiger partial charge in [-0.05, 0) is 35.1 Å². The molecule has 35 heavy (non-hydrogen) atoms. The van der Waals surface area contributed by atoms with Gasteiger partial charge in [0.1, 0.15) is 12.6 Å². The summed E-state index contributed by atoms with van der Waals surface area (Å²) in [6.07, 6.45) is -5.01. The van der Waals surface area contributed by atoms with Gasteiger partial charge in [0.05, 0.1) is 0 Å². The lowest BCUT2D eigenvalue weighted by atomic mass is 9.98. The largest absolute Gasteiger partial charge is 0.480 e. The highest BCUT2D eigenvalue weighted by molar-refractivity contribution is 5.90. The third-order valence-corrected chi connectivity index (χ3v) is 6.50. The van der Waals surface area contributed by atoms with E-state index < -0.39 is 36.2 Å². The third kappa shape index (κ3) is 5.11. The van der Waals surface area contributed by atoms with Crippen LogP contribution in [-0.2, 0) is 14.3 Å². The normalized spacial score (nSPS) is 18.7. The molecule has 186 valence electrons. The summed E-state index contributed by atoms with van der Waals surface area (Å²) in [4.78, 5) is 37.5. The zero-order valence-electron chi connectivity index (χ0n) is 18.8. The Balaban J connectivity index is 1.48. The van der Waals surface area contributed by atoms with Gasteiger partial charge in [0, 0.05) is 12.5 Å². The molecule has 0 radical (unpaired) electrons. The molecule has 7 nitrogen and oxygen atoms in total. The quantitative estimate of drug-likeness (QED) is 0.651. The molecular formula is C25H25F3N2O5. The number of hydrogen-bond donors (Lipinski definition) is 2.